The van der Waals surface area contributed by atoms with Crippen molar-refractivity contribution in [3.8, 4) is 0 Å². The molecule has 3 heteroatoms. The number of aliphatic hydroxyl groups is 1. The highest BCUT2D eigenvalue weighted by Crippen LogP contribution is 2.26. The minimum Gasteiger partial charge on any atom is -0.384 e. The van der Waals surface area contributed by atoms with Crippen LogP contribution in [0.15, 0.2) is 42.5 Å². The van der Waals surface area contributed by atoms with Crippen molar-refractivity contribution in [2.24, 2.45) is 0 Å². The molecule has 0 spiro atoms. The third-order valence-corrected chi connectivity index (χ3v) is 2.91. The summed E-state index contributed by atoms with van der Waals surface area (Å²) in [6.07, 6.45) is -0.784. The summed E-state index contributed by atoms with van der Waals surface area (Å²) in [5.41, 5.74) is 2.42. The van der Waals surface area contributed by atoms with Gasteiger partial charge in [-0.3, -0.25) is 0 Å². The Kier molecular flexibility index (Phi) is 3.46. The minimum absolute atomic E-state index is 0.0224. The Morgan fingerprint density at radius 3 is 2.47 bits per heavy atom. The predicted molar refractivity (Wildman–Crippen MR) is 66.7 cm³/mol. The molecule has 0 radical (unpaired) electrons. The standard InChI is InChI=1S/C14H12ClFO/c1-9-3-2-4-10(7-9)14(17)11-5-6-13(16)12(15)8-11/h2-8,14,17H,1H3/t14-/m0/s1. The van der Waals surface area contributed by atoms with Gasteiger partial charge in [0.25, 0.3) is 0 Å². The van der Waals surface area contributed by atoms with Crippen LogP contribution in [0.3, 0.4) is 0 Å². The molecule has 1 nitrogen and oxygen atoms in total. The maximum atomic E-state index is 13.0. The van der Waals surface area contributed by atoms with Gasteiger partial charge in [0.2, 0.25) is 0 Å². The van der Waals surface area contributed by atoms with Gasteiger partial charge in [-0.2, -0.15) is 0 Å². The lowest BCUT2D eigenvalue weighted by molar-refractivity contribution is 0.220. The Labute approximate surface area is 104 Å². The van der Waals surface area contributed by atoms with E-state index < -0.39 is 11.9 Å². The van der Waals surface area contributed by atoms with Crippen molar-refractivity contribution in [1.82, 2.24) is 0 Å². The second kappa shape index (κ2) is 4.86. The fraction of sp³-hybridized carbons (Fsp3) is 0.143. The van der Waals surface area contributed by atoms with E-state index in [4.69, 9.17) is 11.6 Å². The topological polar surface area (TPSA) is 20.2 Å². The molecule has 0 unspecified atom stereocenters. The Bertz CT molecular complexity index is 539. The first-order valence-corrected chi connectivity index (χ1v) is 5.65. The van der Waals surface area contributed by atoms with Crippen molar-refractivity contribution in [3.63, 3.8) is 0 Å². The highest BCUT2D eigenvalue weighted by Gasteiger charge is 2.12. The molecule has 0 saturated carbocycles. The van der Waals surface area contributed by atoms with Gasteiger partial charge in [0, 0.05) is 0 Å². The van der Waals surface area contributed by atoms with Crippen molar-refractivity contribution >= 4 is 11.6 Å². The molecular weight excluding hydrogens is 239 g/mol. The van der Waals surface area contributed by atoms with Crippen LogP contribution in [0.5, 0.6) is 0 Å². The molecule has 0 aliphatic carbocycles. The number of benzene rings is 2. The molecule has 0 amide bonds. The zero-order valence-corrected chi connectivity index (χ0v) is 10.1. The van der Waals surface area contributed by atoms with E-state index in [1.54, 1.807) is 0 Å². The molecule has 0 aromatic heterocycles. The Morgan fingerprint density at radius 2 is 1.82 bits per heavy atom. The van der Waals surface area contributed by atoms with Gasteiger partial charge in [-0.25, -0.2) is 4.39 Å². The van der Waals surface area contributed by atoms with E-state index >= 15 is 0 Å². The van der Waals surface area contributed by atoms with E-state index in [0.29, 0.717) is 5.56 Å². The zero-order chi connectivity index (χ0) is 12.4. The molecule has 0 aliphatic heterocycles. The predicted octanol–water partition coefficient (Wildman–Crippen LogP) is 3.87. The summed E-state index contributed by atoms with van der Waals surface area (Å²) >= 11 is 5.69. The maximum absolute atomic E-state index is 13.0. The summed E-state index contributed by atoms with van der Waals surface area (Å²) in [5, 5.41) is 10.2. The smallest absolute Gasteiger partial charge is 0.141 e. The van der Waals surface area contributed by atoms with Crippen molar-refractivity contribution in [1.29, 1.82) is 0 Å². The molecule has 2 aromatic carbocycles. The average Bonchev–Trinajstić information content (AvgIpc) is 2.32. The van der Waals surface area contributed by atoms with Crippen LogP contribution in [-0.2, 0) is 0 Å². The van der Waals surface area contributed by atoms with E-state index in [-0.39, 0.29) is 5.02 Å². The van der Waals surface area contributed by atoms with Crippen LogP contribution in [0.1, 0.15) is 22.8 Å². The van der Waals surface area contributed by atoms with Gasteiger partial charge in [0.05, 0.1) is 5.02 Å². The summed E-state index contributed by atoms with van der Waals surface area (Å²) in [6, 6.07) is 11.8. The van der Waals surface area contributed by atoms with Crippen LogP contribution < -0.4 is 0 Å². The van der Waals surface area contributed by atoms with Gasteiger partial charge < -0.3 is 5.11 Å². The van der Waals surface area contributed by atoms with Crippen LogP contribution in [0.4, 0.5) is 4.39 Å². The van der Waals surface area contributed by atoms with E-state index in [1.165, 1.54) is 18.2 Å². The second-order valence-corrected chi connectivity index (χ2v) is 4.40. The molecule has 2 aromatic rings. The van der Waals surface area contributed by atoms with Crippen molar-refractivity contribution in [3.05, 3.63) is 70.0 Å². The SMILES string of the molecule is Cc1cccc([C@H](O)c2ccc(F)c(Cl)c2)c1. The normalized spacial score (nSPS) is 12.5. The van der Waals surface area contributed by atoms with E-state index in [1.807, 2.05) is 31.2 Å². The first-order chi connectivity index (χ1) is 8.08. The Balaban J connectivity index is 2.36. The molecule has 88 valence electrons. The number of rotatable bonds is 2. The van der Waals surface area contributed by atoms with Crippen LogP contribution in [0.25, 0.3) is 0 Å². The molecule has 0 fully saturated rings. The van der Waals surface area contributed by atoms with Crippen molar-refractivity contribution in [2.45, 2.75) is 13.0 Å². The first kappa shape index (κ1) is 12.1. The average molecular weight is 251 g/mol. The van der Waals surface area contributed by atoms with Crippen LogP contribution in [0.2, 0.25) is 5.02 Å². The van der Waals surface area contributed by atoms with E-state index in [9.17, 15) is 9.50 Å². The molecule has 17 heavy (non-hydrogen) atoms. The molecule has 0 aliphatic rings. The van der Waals surface area contributed by atoms with Crippen LogP contribution in [-0.4, -0.2) is 5.11 Å². The monoisotopic (exact) mass is 250 g/mol. The van der Waals surface area contributed by atoms with Crippen LogP contribution in [0, 0.1) is 12.7 Å². The number of aliphatic hydroxyl groups excluding tert-OH is 1. The van der Waals surface area contributed by atoms with Crippen molar-refractivity contribution in [2.75, 3.05) is 0 Å². The van der Waals surface area contributed by atoms with Gasteiger partial charge in [-0.05, 0) is 30.2 Å². The molecule has 2 rings (SSSR count). The fourth-order valence-corrected chi connectivity index (χ4v) is 1.90. The number of aryl methyl sites for hydroxylation is 1. The highest BCUT2D eigenvalue weighted by molar-refractivity contribution is 6.30. The third-order valence-electron chi connectivity index (χ3n) is 2.62. The number of hydrogen-bond acceptors (Lipinski definition) is 1. The number of hydrogen-bond donors (Lipinski definition) is 1. The van der Waals surface area contributed by atoms with Crippen molar-refractivity contribution < 1.29 is 9.50 Å². The van der Waals surface area contributed by atoms with Crippen LogP contribution >= 0.6 is 11.6 Å². The highest BCUT2D eigenvalue weighted by atomic mass is 35.5. The quantitative estimate of drug-likeness (QED) is 0.858. The molecular formula is C14H12ClFO. The first-order valence-electron chi connectivity index (χ1n) is 5.27. The van der Waals surface area contributed by atoms with E-state index in [2.05, 4.69) is 0 Å². The molecule has 1 atom stereocenters. The lowest BCUT2D eigenvalue weighted by Crippen LogP contribution is -2.00. The lowest BCUT2D eigenvalue weighted by Gasteiger charge is -2.12. The maximum Gasteiger partial charge on any atom is 0.141 e. The summed E-state index contributed by atoms with van der Waals surface area (Å²) in [7, 11) is 0. The largest absolute Gasteiger partial charge is 0.384 e. The summed E-state index contributed by atoms with van der Waals surface area (Å²) < 4.78 is 13.0. The summed E-state index contributed by atoms with van der Waals surface area (Å²) in [4.78, 5) is 0. The molecule has 0 saturated heterocycles. The zero-order valence-electron chi connectivity index (χ0n) is 9.32. The number of halogens is 2. The van der Waals surface area contributed by atoms with Gasteiger partial charge >= 0.3 is 0 Å². The van der Waals surface area contributed by atoms with Gasteiger partial charge in [-0.1, -0.05) is 47.5 Å². The van der Waals surface area contributed by atoms with Gasteiger partial charge in [0.15, 0.2) is 0 Å². The Morgan fingerprint density at radius 1 is 1.12 bits per heavy atom. The lowest BCUT2D eigenvalue weighted by atomic mass is 10.00. The molecule has 0 heterocycles. The van der Waals surface area contributed by atoms with Gasteiger partial charge in [-0.15, -0.1) is 0 Å². The Hall–Kier alpha value is -1.38. The summed E-state index contributed by atoms with van der Waals surface area (Å²) in [6.45, 7) is 1.95. The molecule has 1 N–H and O–H groups in total. The fourth-order valence-electron chi connectivity index (χ4n) is 1.72. The third kappa shape index (κ3) is 2.65. The summed E-state index contributed by atoms with van der Waals surface area (Å²) in [5.74, 6) is -0.480. The van der Waals surface area contributed by atoms with Gasteiger partial charge in [0.1, 0.15) is 11.9 Å². The molecule has 0 bridgehead atoms. The minimum atomic E-state index is -0.784. The van der Waals surface area contributed by atoms with E-state index in [0.717, 1.165) is 11.1 Å². The second-order valence-electron chi connectivity index (χ2n) is 3.99.